The Labute approximate surface area is 85.5 Å². The largest absolute Gasteiger partial charge is 0.294 e. The summed E-state index contributed by atoms with van der Waals surface area (Å²) in [6.45, 7) is 0. The monoisotopic (exact) mass is 255 g/mol. The van der Waals surface area contributed by atoms with Gasteiger partial charge in [-0.15, -0.1) is 4.48 Å². The smallest absolute Gasteiger partial charge is 0.282 e. The Kier molecular flexibility index (Phi) is 3.09. The van der Waals surface area contributed by atoms with Gasteiger partial charge in [-0.25, -0.2) is 8.42 Å². The predicted molar refractivity (Wildman–Crippen MR) is 47.7 cm³/mol. The second kappa shape index (κ2) is 3.85. The van der Waals surface area contributed by atoms with Gasteiger partial charge in [0, 0.05) is 0 Å². The summed E-state index contributed by atoms with van der Waals surface area (Å²) in [6.07, 6.45) is 0. The van der Waals surface area contributed by atoms with Crippen molar-refractivity contribution in [2.45, 2.75) is 9.79 Å². The Balaban J connectivity index is 3.24. The van der Waals surface area contributed by atoms with Crippen molar-refractivity contribution in [3.63, 3.8) is 0 Å². The summed E-state index contributed by atoms with van der Waals surface area (Å²) in [4.78, 5) is -0.343. The van der Waals surface area contributed by atoms with Gasteiger partial charge < -0.3 is 0 Å². The maximum absolute atomic E-state index is 11.8. The molecule has 15 heavy (non-hydrogen) atoms. The first kappa shape index (κ1) is 12.0. The van der Waals surface area contributed by atoms with Gasteiger partial charge in [-0.3, -0.25) is 4.55 Å². The molecule has 0 heterocycles. The van der Waals surface area contributed by atoms with Crippen LogP contribution in [0.1, 0.15) is 0 Å². The van der Waals surface area contributed by atoms with Crippen LogP contribution in [0.25, 0.3) is 0 Å². The fourth-order valence-electron chi connectivity index (χ4n) is 0.835. The first-order valence-electron chi connectivity index (χ1n) is 3.47. The molecule has 0 unspecified atom stereocenters. The summed E-state index contributed by atoms with van der Waals surface area (Å²) < 4.78 is 63.2. The van der Waals surface area contributed by atoms with E-state index in [1.165, 1.54) is 0 Å². The molecule has 84 valence electrons. The van der Waals surface area contributed by atoms with Crippen molar-refractivity contribution >= 4 is 20.1 Å². The third-order valence-corrected chi connectivity index (χ3v) is 3.50. The van der Waals surface area contributed by atoms with Crippen LogP contribution in [0, 0.1) is 0 Å². The van der Waals surface area contributed by atoms with Gasteiger partial charge in [0.05, 0.1) is 9.79 Å². The minimum absolute atomic E-state index is 0.447. The van der Waals surface area contributed by atoms with Crippen LogP contribution >= 0.6 is 0 Å². The molecule has 0 fully saturated rings. The van der Waals surface area contributed by atoms with Crippen molar-refractivity contribution < 1.29 is 25.9 Å². The number of hydrogen-bond donors (Lipinski definition) is 2. The van der Waals surface area contributed by atoms with Gasteiger partial charge >= 0.3 is 0 Å². The molecule has 0 saturated carbocycles. The average molecular weight is 255 g/mol. The van der Waals surface area contributed by atoms with E-state index in [1.54, 1.807) is 0 Å². The SMILES string of the molecule is O=S(=O)(O)c1ccc(S(=O)(=O)NF)cc1. The van der Waals surface area contributed by atoms with E-state index in [0.29, 0.717) is 4.94 Å². The molecular weight excluding hydrogens is 249 g/mol. The Morgan fingerprint density at radius 1 is 1.00 bits per heavy atom. The molecular formula is C6H6FNO5S2. The summed E-state index contributed by atoms with van der Waals surface area (Å²) in [5, 5.41) is 0. The highest BCUT2D eigenvalue weighted by Gasteiger charge is 2.15. The normalized spacial score (nSPS) is 12.7. The van der Waals surface area contributed by atoms with Crippen LogP contribution in [0.15, 0.2) is 34.1 Å². The van der Waals surface area contributed by atoms with Crippen molar-refractivity contribution in [1.82, 2.24) is 4.94 Å². The molecule has 1 aromatic rings. The van der Waals surface area contributed by atoms with Crippen LogP contribution in [-0.4, -0.2) is 21.4 Å². The lowest BCUT2D eigenvalue weighted by molar-refractivity contribution is 0.425. The third-order valence-electron chi connectivity index (χ3n) is 1.53. The standard InChI is InChI=1S/C6H6FNO5S2/c7-8-14(9,10)5-1-3-6(4-2-5)15(11,12)13/h1-4,8H,(H,11,12,13). The highest BCUT2D eigenvalue weighted by Crippen LogP contribution is 2.13. The molecule has 0 aliphatic rings. The summed E-state index contributed by atoms with van der Waals surface area (Å²) in [5.41, 5.74) is 0. The number of sulfonamides is 1. The maximum atomic E-state index is 11.8. The first-order valence-corrected chi connectivity index (χ1v) is 6.40. The van der Waals surface area contributed by atoms with Crippen LogP contribution in [0.2, 0.25) is 0 Å². The number of rotatable bonds is 3. The van der Waals surface area contributed by atoms with Crippen LogP contribution < -0.4 is 4.94 Å². The fraction of sp³-hybridized carbons (Fsp3) is 0. The zero-order valence-corrected chi connectivity index (χ0v) is 8.72. The second-order valence-electron chi connectivity index (χ2n) is 2.53. The molecule has 0 radical (unpaired) electrons. The van der Waals surface area contributed by atoms with Gasteiger partial charge in [0.1, 0.15) is 0 Å². The Bertz CT molecular complexity index is 548. The molecule has 0 bridgehead atoms. The van der Waals surface area contributed by atoms with Crippen LogP contribution in [0.5, 0.6) is 0 Å². The van der Waals surface area contributed by atoms with Crippen molar-refractivity contribution in [3.8, 4) is 0 Å². The van der Waals surface area contributed by atoms with E-state index in [2.05, 4.69) is 0 Å². The topological polar surface area (TPSA) is 101 Å². The molecule has 1 aromatic carbocycles. The fourth-order valence-corrected chi connectivity index (χ4v) is 1.90. The number of halogens is 1. The Morgan fingerprint density at radius 3 is 1.73 bits per heavy atom. The molecule has 6 nitrogen and oxygen atoms in total. The zero-order valence-electron chi connectivity index (χ0n) is 7.08. The number of nitrogens with one attached hydrogen (secondary N) is 1. The molecule has 0 saturated heterocycles. The molecule has 0 aliphatic carbocycles. The van der Waals surface area contributed by atoms with Crippen LogP contribution in [-0.2, 0) is 20.1 Å². The molecule has 0 aliphatic heterocycles. The van der Waals surface area contributed by atoms with Gasteiger partial charge in [-0.2, -0.15) is 8.42 Å². The number of benzene rings is 1. The van der Waals surface area contributed by atoms with E-state index < -0.39 is 29.9 Å². The minimum Gasteiger partial charge on any atom is -0.282 e. The van der Waals surface area contributed by atoms with Gasteiger partial charge in [0.2, 0.25) is 0 Å². The van der Waals surface area contributed by atoms with Crippen LogP contribution in [0.4, 0.5) is 4.48 Å². The van der Waals surface area contributed by atoms with E-state index >= 15 is 0 Å². The molecule has 0 atom stereocenters. The predicted octanol–water partition coefficient (Wildman–Crippen LogP) is 0.0961. The van der Waals surface area contributed by atoms with Gasteiger partial charge in [-0.05, 0) is 29.2 Å². The molecule has 9 heteroatoms. The van der Waals surface area contributed by atoms with Crippen molar-refractivity contribution in [2.75, 3.05) is 0 Å². The Morgan fingerprint density at radius 2 is 1.40 bits per heavy atom. The van der Waals surface area contributed by atoms with Gasteiger partial charge in [-0.1, -0.05) is 0 Å². The van der Waals surface area contributed by atoms with Crippen molar-refractivity contribution in [1.29, 1.82) is 0 Å². The first-order chi connectivity index (χ1) is 6.77. The molecule has 2 N–H and O–H groups in total. The van der Waals surface area contributed by atoms with Crippen molar-refractivity contribution in [2.24, 2.45) is 0 Å². The van der Waals surface area contributed by atoms with E-state index in [9.17, 15) is 21.3 Å². The van der Waals surface area contributed by atoms with E-state index in [0.717, 1.165) is 24.3 Å². The van der Waals surface area contributed by atoms with E-state index in [4.69, 9.17) is 4.55 Å². The molecule has 0 amide bonds. The number of hydrogen-bond acceptors (Lipinski definition) is 4. The summed E-state index contributed by atoms with van der Waals surface area (Å²) in [6, 6.07) is 3.40. The maximum Gasteiger partial charge on any atom is 0.294 e. The highest BCUT2D eigenvalue weighted by atomic mass is 32.2. The Hall–Kier alpha value is -1.03. The quantitative estimate of drug-likeness (QED) is 0.589. The summed E-state index contributed by atoms with van der Waals surface area (Å²) >= 11 is 0. The second-order valence-corrected chi connectivity index (χ2v) is 5.58. The molecule has 0 spiro atoms. The lowest BCUT2D eigenvalue weighted by Gasteiger charge is -2.00. The average Bonchev–Trinajstić information content (AvgIpc) is 2.17. The molecule has 0 aromatic heterocycles. The van der Waals surface area contributed by atoms with Gasteiger partial charge in [0.15, 0.2) is 0 Å². The summed E-state index contributed by atoms with van der Waals surface area (Å²) in [5.74, 6) is 0. The minimum atomic E-state index is -4.38. The van der Waals surface area contributed by atoms with Crippen LogP contribution in [0.3, 0.4) is 0 Å². The third kappa shape index (κ3) is 2.72. The van der Waals surface area contributed by atoms with E-state index in [-0.39, 0.29) is 0 Å². The van der Waals surface area contributed by atoms with Gasteiger partial charge in [0.25, 0.3) is 20.1 Å². The highest BCUT2D eigenvalue weighted by molar-refractivity contribution is 7.89. The summed E-state index contributed by atoms with van der Waals surface area (Å²) in [7, 11) is -8.63. The van der Waals surface area contributed by atoms with Crippen molar-refractivity contribution in [3.05, 3.63) is 24.3 Å². The lowest BCUT2D eigenvalue weighted by Crippen LogP contribution is -2.14. The lowest BCUT2D eigenvalue weighted by atomic mass is 10.4. The van der Waals surface area contributed by atoms with E-state index in [1.807, 2.05) is 0 Å². The molecule has 1 rings (SSSR count). The zero-order chi connectivity index (χ0) is 11.7.